The van der Waals surface area contributed by atoms with E-state index in [-0.39, 0.29) is 0 Å². The van der Waals surface area contributed by atoms with E-state index in [0.29, 0.717) is 5.92 Å². The summed E-state index contributed by atoms with van der Waals surface area (Å²) in [6.45, 7) is 2.78. The van der Waals surface area contributed by atoms with Gasteiger partial charge in [0, 0.05) is 24.0 Å². The van der Waals surface area contributed by atoms with Crippen LogP contribution in [0.2, 0.25) is 0 Å². The van der Waals surface area contributed by atoms with Gasteiger partial charge in [-0.25, -0.2) is 4.98 Å². The Bertz CT molecular complexity index is 788. The normalized spacial score (nSPS) is 14.8. The lowest BCUT2D eigenvalue weighted by atomic mass is 10.4. The van der Waals surface area contributed by atoms with E-state index >= 15 is 0 Å². The summed E-state index contributed by atoms with van der Waals surface area (Å²) in [6.07, 6.45) is 2.39. The Balaban J connectivity index is 1.64. The Hall–Kier alpha value is -2.02. The summed E-state index contributed by atoms with van der Waals surface area (Å²) in [7, 11) is 2.03. The number of hydrogen-bond acceptors (Lipinski definition) is 6. The molecule has 3 heterocycles. The largest absolute Gasteiger partial charge is 0.351 e. The van der Waals surface area contributed by atoms with Crippen LogP contribution in [0, 0.1) is 6.92 Å². The van der Waals surface area contributed by atoms with Gasteiger partial charge in [-0.05, 0) is 31.9 Å². The molecule has 0 radical (unpaired) electrons. The van der Waals surface area contributed by atoms with Gasteiger partial charge in [-0.1, -0.05) is 0 Å². The molecule has 0 aliphatic heterocycles. The van der Waals surface area contributed by atoms with E-state index in [1.807, 2.05) is 30.6 Å². The standard InChI is InChI=1S/C14H16N6S/c1-9-8-21-13(15-9)7-19(2)12-6-5-11-16-17-14(10-3-4-10)20(11)18-12/h5-6,8,10H,3-4,7H2,1-2H3. The zero-order valence-electron chi connectivity index (χ0n) is 12.0. The monoisotopic (exact) mass is 300 g/mol. The summed E-state index contributed by atoms with van der Waals surface area (Å²) in [4.78, 5) is 6.61. The quantitative estimate of drug-likeness (QED) is 0.740. The van der Waals surface area contributed by atoms with E-state index in [4.69, 9.17) is 5.10 Å². The van der Waals surface area contributed by atoms with Crippen LogP contribution in [0.15, 0.2) is 17.5 Å². The predicted octanol–water partition coefficient (Wildman–Crippen LogP) is 2.40. The number of aryl methyl sites for hydroxylation is 1. The Morgan fingerprint density at radius 1 is 1.33 bits per heavy atom. The Labute approximate surface area is 126 Å². The number of anilines is 1. The van der Waals surface area contributed by atoms with Crippen molar-refractivity contribution < 1.29 is 0 Å². The summed E-state index contributed by atoms with van der Waals surface area (Å²) in [5, 5.41) is 16.3. The molecule has 6 nitrogen and oxygen atoms in total. The van der Waals surface area contributed by atoms with Gasteiger partial charge in [0.05, 0.1) is 6.54 Å². The first-order chi connectivity index (χ1) is 10.2. The molecular formula is C14H16N6S. The summed E-state index contributed by atoms with van der Waals surface area (Å²) < 4.78 is 1.89. The molecule has 108 valence electrons. The Morgan fingerprint density at radius 3 is 2.90 bits per heavy atom. The van der Waals surface area contributed by atoms with Crippen molar-refractivity contribution in [2.24, 2.45) is 0 Å². The van der Waals surface area contributed by atoms with Gasteiger partial charge in [0.2, 0.25) is 0 Å². The third-order valence-corrected chi connectivity index (χ3v) is 4.60. The van der Waals surface area contributed by atoms with Gasteiger partial charge in [0.15, 0.2) is 11.5 Å². The van der Waals surface area contributed by atoms with Gasteiger partial charge in [0.1, 0.15) is 10.8 Å². The maximum Gasteiger partial charge on any atom is 0.178 e. The summed E-state index contributed by atoms with van der Waals surface area (Å²) >= 11 is 1.68. The van der Waals surface area contributed by atoms with Crippen molar-refractivity contribution in [1.29, 1.82) is 0 Å². The van der Waals surface area contributed by atoms with Gasteiger partial charge in [-0.3, -0.25) is 0 Å². The zero-order valence-corrected chi connectivity index (χ0v) is 12.8. The summed E-state index contributed by atoms with van der Waals surface area (Å²) in [5.41, 5.74) is 1.89. The maximum atomic E-state index is 4.69. The molecule has 0 N–H and O–H groups in total. The fourth-order valence-electron chi connectivity index (χ4n) is 2.35. The van der Waals surface area contributed by atoms with Crippen LogP contribution in [-0.2, 0) is 6.54 Å². The molecule has 0 unspecified atom stereocenters. The summed E-state index contributed by atoms with van der Waals surface area (Å²) in [6, 6.07) is 3.96. The van der Waals surface area contributed by atoms with Crippen molar-refractivity contribution in [3.05, 3.63) is 34.0 Å². The third kappa shape index (κ3) is 2.37. The van der Waals surface area contributed by atoms with Crippen LogP contribution in [0.4, 0.5) is 5.82 Å². The second-order valence-electron chi connectivity index (χ2n) is 5.53. The number of fused-ring (bicyclic) bond motifs is 1. The fourth-order valence-corrected chi connectivity index (χ4v) is 3.18. The average Bonchev–Trinajstić information content (AvgIpc) is 3.11. The van der Waals surface area contributed by atoms with Crippen LogP contribution in [0.5, 0.6) is 0 Å². The number of thiazole rings is 1. The second kappa shape index (κ2) is 4.77. The topological polar surface area (TPSA) is 59.2 Å². The minimum absolute atomic E-state index is 0.537. The minimum Gasteiger partial charge on any atom is -0.351 e. The smallest absolute Gasteiger partial charge is 0.178 e. The van der Waals surface area contributed by atoms with E-state index in [0.717, 1.165) is 34.5 Å². The molecule has 1 aliphatic rings. The van der Waals surface area contributed by atoms with Crippen LogP contribution in [0.3, 0.4) is 0 Å². The average molecular weight is 300 g/mol. The first-order valence-electron chi connectivity index (χ1n) is 7.05. The summed E-state index contributed by atoms with van der Waals surface area (Å²) in [5.74, 6) is 2.44. The Kier molecular flexibility index (Phi) is 2.88. The van der Waals surface area contributed by atoms with Gasteiger partial charge < -0.3 is 4.90 Å². The van der Waals surface area contributed by atoms with Gasteiger partial charge in [-0.2, -0.15) is 4.52 Å². The lowest BCUT2D eigenvalue weighted by molar-refractivity contribution is 0.786. The van der Waals surface area contributed by atoms with Crippen molar-refractivity contribution >= 4 is 22.8 Å². The number of aromatic nitrogens is 5. The van der Waals surface area contributed by atoms with E-state index < -0.39 is 0 Å². The molecule has 0 atom stereocenters. The van der Waals surface area contributed by atoms with Crippen molar-refractivity contribution in [2.75, 3.05) is 11.9 Å². The van der Waals surface area contributed by atoms with Crippen LogP contribution < -0.4 is 4.90 Å². The lowest BCUT2D eigenvalue weighted by Crippen LogP contribution is -2.18. The first kappa shape index (κ1) is 12.7. The molecule has 0 saturated heterocycles. The number of rotatable bonds is 4. The molecule has 4 rings (SSSR count). The molecule has 21 heavy (non-hydrogen) atoms. The van der Waals surface area contributed by atoms with Crippen molar-refractivity contribution in [3.63, 3.8) is 0 Å². The maximum absolute atomic E-state index is 4.69. The molecule has 0 aromatic carbocycles. The highest BCUT2D eigenvalue weighted by Crippen LogP contribution is 2.38. The fraction of sp³-hybridized carbons (Fsp3) is 0.429. The van der Waals surface area contributed by atoms with Crippen LogP contribution in [0.25, 0.3) is 5.65 Å². The molecule has 0 spiro atoms. The number of hydrogen-bond donors (Lipinski definition) is 0. The van der Waals surface area contributed by atoms with E-state index in [1.54, 1.807) is 11.3 Å². The van der Waals surface area contributed by atoms with E-state index in [1.165, 1.54) is 12.8 Å². The van der Waals surface area contributed by atoms with E-state index in [9.17, 15) is 0 Å². The second-order valence-corrected chi connectivity index (χ2v) is 6.48. The highest BCUT2D eigenvalue weighted by Gasteiger charge is 2.29. The van der Waals surface area contributed by atoms with Gasteiger partial charge >= 0.3 is 0 Å². The molecule has 3 aromatic heterocycles. The lowest BCUT2D eigenvalue weighted by Gasteiger charge is -2.16. The zero-order chi connectivity index (χ0) is 14.4. The highest BCUT2D eigenvalue weighted by molar-refractivity contribution is 7.09. The SMILES string of the molecule is Cc1csc(CN(C)c2ccc3nnc(C4CC4)n3n2)n1. The van der Waals surface area contributed by atoms with Crippen molar-refractivity contribution in [1.82, 2.24) is 24.8 Å². The molecule has 1 aliphatic carbocycles. The molecular weight excluding hydrogens is 284 g/mol. The first-order valence-corrected chi connectivity index (χ1v) is 7.93. The van der Waals surface area contributed by atoms with Crippen LogP contribution in [-0.4, -0.2) is 31.8 Å². The molecule has 1 saturated carbocycles. The molecule has 0 amide bonds. The minimum atomic E-state index is 0.537. The van der Waals surface area contributed by atoms with Crippen molar-refractivity contribution in [3.8, 4) is 0 Å². The van der Waals surface area contributed by atoms with E-state index in [2.05, 4.69) is 25.5 Å². The van der Waals surface area contributed by atoms with Crippen LogP contribution >= 0.6 is 11.3 Å². The molecule has 0 bridgehead atoms. The van der Waals surface area contributed by atoms with Crippen molar-refractivity contribution in [2.45, 2.75) is 32.2 Å². The predicted molar refractivity (Wildman–Crippen MR) is 81.7 cm³/mol. The van der Waals surface area contributed by atoms with Gasteiger partial charge in [-0.15, -0.1) is 26.6 Å². The highest BCUT2D eigenvalue weighted by atomic mass is 32.1. The molecule has 7 heteroatoms. The third-order valence-electron chi connectivity index (χ3n) is 3.65. The number of nitrogens with zero attached hydrogens (tertiary/aromatic N) is 6. The Morgan fingerprint density at radius 2 is 2.19 bits per heavy atom. The van der Waals surface area contributed by atoms with Gasteiger partial charge in [0.25, 0.3) is 0 Å². The molecule has 3 aromatic rings. The molecule has 1 fully saturated rings. The van der Waals surface area contributed by atoms with Crippen LogP contribution in [0.1, 0.15) is 35.3 Å².